The summed E-state index contributed by atoms with van der Waals surface area (Å²) in [6.45, 7) is 3.12. The Hall–Kier alpha value is -0.100. The third-order valence-electron chi connectivity index (χ3n) is 2.38. The molecule has 2 aromatic heterocycles. The van der Waals surface area contributed by atoms with Gasteiger partial charge in [-0.15, -0.1) is 11.3 Å². The lowest BCUT2D eigenvalue weighted by Gasteiger charge is -2.15. The van der Waals surface area contributed by atoms with Gasteiger partial charge in [-0.05, 0) is 68.4 Å². The van der Waals surface area contributed by atoms with Crippen molar-refractivity contribution in [2.45, 2.75) is 19.4 Å². The van der Waals surface area contributed by atoms with E-state index in [-0.39, 0.29) is 6.04 Å². The first kappa shape index (κ1) is 13.3. The largest absolute Gasteiger partial charge is 0.452 e. The van der Waals surface area contributed by atoms with Gasteiger partial charge in [0.05, 0.1) is 0 Å². The Balaban J connectivity index is 2.28. The molecule has 2 nitrogen and oxygen atoms in total. The topological polar surface area (TPSA) is 25.2 Å². The monoisotopic (exact) mass is 377 g/mol. The van der Waals surface area contributed by atoms with E-state index in [1.165, 1.54) is 4.88 Å². The van der Waals surface area contributed by atoms with Gasteiger partial charge in [-0.3, -0.25) is 0 Å². The highest BCUT2D eigenvalue weighted by molar-refractivity contribution is 9.10. The van der Waals surface area contributed by atoms with Gasteiger partial charge in [0.15, 0.2) is 4.67 Å². The van der Waals surface area contributed by atoms with Gasteiger partial charge in [0.1, 0.15) is 11.8 Å². The molecule has 0 radical (unpaired) electrons. The molecule has 0 aliphatic heterocycles. The molecule has 2 rings (SSSR count). The minimum Gasteiger partial charge on any atom is -0.452 e. The lowest BCUT2D eigenvalue weighted by molar-refractivity contribution is 0.435. The number of halogens is 2. The van der Waals surface area contributed by atoms with Crippen molar-refractivity contribution in [3.05, 3.63) is 43.4 Å². The smallest absolute Gasteiger partial charge is 0.169 e. The number of nitrogens with one attached hydrogen (secondary N) is 1. The molecule has 2 heterocycles. The number of hydrogen-bond donors (Lipinski definition) is 1. The second-order valence-electron chi connectivity index (χ2n) is 3.66. The molecule has 0 fully saturated rings. The summed E-state index contributed by atoms with van der Waals surface area (Å²) in [5, 5.41) is 5.59. The van der Waals surface area contributed by atoms with Gasteiger partial charge in [0.25, 0.3) is 0 Å². The molecular weight excluding hydrogens is 366 g/mol. The minimum absolute atomic E-state index is 0.121. The van der Waals surface area contributed by atoms with Gasteiger partial charge in [0.2, 0.25) is 0 Å². The summed E-state index contributed by atoms with van der Waals surface area (Å²) in [6, 6.07) is 6.12. The summed E-state index contributed by atoms with van der Waals surface area (Å²) in [5.41, 5.74) is 0. The Morgan fingerprint density at radius 2 is 2.18 bits per heavy atom. The lowest BCUT2D eigenvalue weighted by Crippen LogP contribution is -2.22. The molecular formula is C12H13Br2NOS. The Morgan fingerprint density at radius 3 is 2.71 bits per heavy atom. The molecule has 1 unspecified atom stereocenters. The van der Waals surface area contributed by atoms with Crippen molar-refractivity contribution in [2.75, 3.05) is 6.54 Å². The summed E-state index contributed by atoms with van der Waals surface area (Å²) in [7, 11) is 0. The average Bonchev–Trinajstić information content (AvgIpc) is 2.90. The molecule has 0 bridgehead atoms. The summed E-state index contributed by atoms with van der Waals surface area (Å²) in [6.07, 6.45) is 1.10. The molecule has 92 valence electrons. The van der Waals surface area contributed by atoms with Crippen LogP contribution in [-0.4, -0.2) is 6.54 Å². The SMILES string of the molecule is CCCNC(c1ccc(Br)o1)c1sccc1Br. The van der Waals surface area contributed by atoms with Crippen LogP contribution >= 0.6 is 43.2 Å². The highest BCUT2D eigenvalue weighted by Crippen LogP contribution is 2.34. The maximum atomic E-state index is 5.66. The molecule has 0 aliphatic rings. The van der Waals surface area contributed by atoms with Crippen molar-refractivity contribution < 1.29 is 4.42 Å². The van der Waals surface area contributed by atoms with Crippen LogP contribution in [0.25, 0.3) is 0 Å². The van der Waals surface area contributed by atoms with Crippen LogP contribution < -0.4 is 5.32 Å². The minimum atomic E-state index is 0.121. The van der Waals surface area contributed by atoms with Crippen LogP contribution in [0.5, 0.6) is 0 Å². The molecule has 0 saturated heterocycles. The van der Waals surface area contributed by atoms with E-state index in [9.17, 15) is 0 Å². The Morgan fingerprint density at radius 1 is 1.35 bits per heavy atom. The van der Waals surface area contributed by atoms with E-state index in [4.69, 9.17) is 4.42 Å². The molecule has 5 heteroatoms. The first-order chi connectivity index (χ1) is 8.22. The maximum absolute atomic E-state index is 5.66. The molecule has 1 N–H and O–H groups in total. The predicted octanol–water partition coefficient (Wildman–Crippen LogP) is 4.96. The molecule has 2 aromatic rings. The fourth-order valence-corrected chi connectivity index (χ4v) is 3.61. The van der Waals surface area contributed by atoms with E-state index in [1.807, 2.05) is 12.1 Å². The molecule has 0 aliphatic carbocycles. The van der Waals surface area contributed by atoms with Gasteiger partial charge in [-0.2, -0.15) is 0 Å². The molecule has 17 heavy (non-hydrogen) atoms. The van der Waals surface area contributed by atoms with E-state index in [0.29, 0.717) is 0 Å². The van der Waals surface area contributed by atoms with E-state index in [1.54, 1.807) is 11.3 Å². The molecule has 0 aromatic carbocycles. The third-order valence-corrected chi connectivity index (χ3v) is 4.75. The molecule has 1 atom stereocenters. The van der Waals surface area contributed by atoms with Crippen molar-refractivity contribution in [2.24, 2.45) is 0 Å². The van der Waals surface area contributed by atoms with Crippen LogP contribution in [0.2, 0.25) is 0 Å². The molecule has 0 amide bonds. The van der Waals surface area contributed by atoms with Crippen LogP contribution in [0.15, 0.2) is 37.1 Å². The van der Waals surface area contributed by atoms with Gasteiger partial charge < -0.3 is 9.73 Å². The second kappa shape index (κ2) is 6.18. The summed E-state index contributed by atoms with van der Waals surface area (Å²) >= 11 is 8.66. The van der Waals surface area contributed by atoms with E-state index >= 15 is 0 Å². The summed E-state index contributed by atoms with van der Waals surface area (Å²) in [4.78, 5) is 1.25. The van der Waals surface area contributed by atoms with Crippen LogP contribution in [0, 0.1) is 0 Å². The normalized spacial score (nSPS) is 12.9. The number of hydrogen-bond acceptors (Lipinski definition) is 3. The first-order valence-electron chi connectivity index (χ1n) is 5.44. The zero-order valence-electron chi connectivity index (χ0n) is 9.37. The van der Waals surface area contributed by atoms with Gasteiger partial charge >= 0.3 is 0 Å². The highest BCUT2D eigenvalue weighted by Gasteiger charge is 2.20. The number of furan rings is 1. The Bertz CT molecular complexity index is 480. The average molecular weight is 379 g/mol. The van der Waals surface area contributed by atoms with Crippen LogP contribution in [0.3, 0.4) is 0 Å². The van der Waals surface area contributed by atoms with Crippen molar-refractivity contribution in [3.8, 4) is 0 Å². The van der Waals surface area contributed by atoms with Crippen LogP contribution in [0.1, 0.15) is 30.0 Å². The van der Waals surface area contributed by atoms with Gasteiger partial charge in [-0.25, -0.2) is 0 Å². The van der Waals surface area contributed by atoms with Crippen molar-refractivity contribution >= 4 is 43.2 Å². The fraction of sp³-hybridized carbons (Fsp3) is 0.333. The van der Waals surface area contributed by atoms with E-state index in [2.05, 4.69) is 55.5 Å². The zero-order valence-corrected chi connectivity index (χ0v) is 13.4. The fourth-order valence-electron chi connectivity index (χ4n) is 1.61. The molecule has 0 saturated carbocycles. The second-order valence-corrected chi connectivity index (χ2v) is 6.25. The number of rotatable bonds is 5. The van der Waals surface area contributed by atoms with Crippen LogP contribution in [-0.2, 0) is 0 Å². The van der Waals surface area contributed by atoms with Crippen LogP contribution in [0.4, 0.5) is 0 Å². The summed E-state index contributed by atoms with van der Waals surface area (Å²) in [5.74, 6) is 0.938. The van der Waals surface area contributed by atoms with Crippen molar-refractivity contribution in [1.29, 1.82) is 0 Å². The quantitative estimate of drug-likeness (QED) is 0.795. The lowest BCUT2D eigenvalue weighted by atomic mass is 10.2. The predicted molar refractivity (Wildman–Crippen MR) is 78.6 cm³/mol. The van der Waals surface area contributed by atoms with Gasteiger partial charge in [0, 0.05) is 9.35 Å². The summed E-state index contributed by atoms with van der Waals surface area (Å²) < 4.78 is 7.56. The maximum Gasteiger partial charge on any atom is 0.169 e. The third kappa shape index (κ3) is 3.22. The first-order valence-corrected chi connectivity index (χ1v) is 7.90. The van der Waals surface area contributed by atoms with Crippen molar-refractivity contribution in [1.82, 2.24) is 5.32 Å². The molecule has 0 spiro atoms. The Labute approximate surface area is 122 Å². The van der Waals surface area contributed by atoms with Crippen molar-refractivity contribution in [3.63, 3.8) is 0 Å². The van der Waals surface area contributed by atoms with E-state index < -0.39 is 0 Å². The highest BCUT2D eigenvalue weighted by atomic mass is 79.9. The van der Waals surface area contributed by atoms with Gasteiger partial charge in [-0.1, -0.05) is 6.92 Å². The standard InChI is InChI=1S/C12H13Br2NOS/c1-2-6-15-11(9-3-4-10(14)16-9)12-8(13)5-7-17-12/h3-5,7,11,15H,2,6H2,1H3. The Kier molecular flexibility index (Phi) is 4.85. The zero-order chi connectivity index (χ0) is 12.3. The van der Waals surface area contributed by atoms with E-state index in [0.717, 1.165) is 27.9 Å². The number of thiophene rings is 1.